The number of carbonyl (C=O) groups excluding carboxylic acids is 2. The quantitative estimate of drug-likeness (QED) is 0.786. The van der Waals surface area contributed by atoms with Gasteiger partial charge >= 0.3 is 0 Å². The number of carbonyl (C=O) groups is 2. The number of aryl methyl sites for hydroxylation is 1. The molecule has 1 saturated heterocycles. The Morgan fingerprint density at radius 3 is 2.60 bits per heavy atom. The smallest absolute Gasteiger partial charge is 0.257 e. The van der Waals surface area contributed by atoms with Crippen molar-refractivity contribution in [2.24, 2.45) is 0 Å². The van der Waals surface area contributed by atoms with E-state index in [4.69, 9.17) is 0 Å². The van der Waals surface area contributed by atoms with Gasteiger partial charge in [-0.3, -0.25) is 19.6 Å². The number of amides is 2. The molecule has 2 heterocycles. The molecule has 7 heteroatoms. The molecule has 2 amide bonds. The van der Waals surface area contributed by atoms with Gasteiger partial charge in [0.05, 0.1) is 18.3 Å². The summed E-state index contributed by atoms with van der Waals surface area (Å²) in [5.74, 6) is 0.0480. The van der Waals surface area contributed by atoms with Gasteiger partial charge < -0.3 is 10.2 Å². The molecule has 0 aromatic carbocycles. The topological polar surface area (TPSA) is 81.3 Å². The van der Waals surface area contributed by atoms with Crippen molar-refractivity contribution in [1.82, 2.24) is 25.3 Å². The van der Waals surface area contributed by atoms with Crippen LogP contribution in [0.5, 0.6) is 0 Å². The fourth-order valence-electron chi connectivity index (χ4n) is 2.30. The molecule has 7 nitrogen and oxygen atoms in total. The van der Waals surface area contributed by atoms with Crippen LogP contribution in [-0.4, -0.2) is 71.1 Å². The highest BCUT2D eigenvalue weighted by Crippen LogP contribution is 2.10. The molecule has 110 valence electrons. The molecule has 2 N–H and O–H groups in total. The van der Waals surface area contributed by atoms with Gasteiger partial charge in [0.1, 0.15) is 0 Å². The summed E-state index contributed by atoms with van der Waals surface area (Å²) in [6.45, 7) is 7.52. The summed E-state index contributed by atoms with van der Waals surface area (Å²) in [7, 11) is 0. The molecule has 1 aromatic heterocycles. The Hall–Kier alpha value is -1.89. The largest absolute Gasteiger partial charge is 0.355 e. The van der Waals surface area contributed by atoms with Crippen LogP contribution in [0, 0.1) is 6.92 Å². The Morgan fingerprint density at radius 2 is 2.05 bits per heavy atom. The first kappa shape index (κ1) is 14.5. The highest BCUT2D eigenvalue weighted by Gasteiger charge is 2.24. The number of aromatic nitrogens is 2. The average Bonchev–Trinajstić information content (AvgIpc) is 2.85. The molecule has 2 rings (SSSR count). The van der Waals surface area contributed by atoms with Crippen LogP contribution in [0.1, 0.15) is 23.0 Å². The zero-order chi connectivity index (χ0) is 14.5. The molecule has 0 saturated carbocycles. The Morgan fingerprint density at radius 1 is 1.35 bits per heavy atom. The van der Waals surface area contributed by atoms with Gasteiger partial charge in [-0.05, 0) is 13.8 Å². The SMILES string of the molecule is CCNC(=O)CN1CCN(C(=O)c2cn[nH]c2C)CC1. The van der Waals surface area contributed by atoms with Crippen molar-refractivity contribution < 1.29 is 9.59 Å². The predicted molar refractivity (Wildman–Crippen MR) is 74.4 cm³/mol. The van der Waals surface area contributed by atoms with E-state index >= 15 is 0 Å². The van der Waals surface area contributed by atoms with Crippen molar-refractivity contribution in [3.8, 4) is 0 Å². The maximum Gasteiger partial charge on any atom is 0.257 e. The van der Waals surface area contributed by atoms with E-state index in [1.807, 2.05) is 18.7 Å². The van der Waals surface area contributed by atoms with Gasteiger partial charge in [0.2, 0.25) is 5.91 Å². The molecule has 0 unspecified atom stereocenters. The molecule has 0 radical (unpaired) electrons. The minimum absolute atomic E-state index is 0.00825. The first-order chi connectivity index (χ1) is 9.61. The fourth-order valence-corrected chi connectivity index (χ4v) is 2.30. The van der Waals surface area contributed by atoms with Crippen LogP contribution in [0.2, 0.25) is 0 Å². The number of hydrogen-bond donors (Lipinski definition) is 2. The molecule has 0 spiro atoms. The van der Waals surface area contributed by atoms with Gasteiger partial charge in [-0.15, -0.1) is 0 Å². The first-order valence-electron chi connectivity index (χ1n) is 6.90. The van der Waals surface area contributed by atoms with Crippen LogP contribution in [0.3, 0.4) is 0 Å². The number of rotatable bonds is 4. The van der Waals surface area contributed by atoms with E-state index in [1.165, 1.54) is 0 Å². The summed E-state index contributed by atoms with van der Waals surface area (Å²) in [5.41, 5.74) is 1.42. The van der Waals surface area contributed by atoms with Crippen LogP contribution in [-0.2, 0) is 4.79 Å². The molecular weight excluding hydrogens is 258 g/mol. The van der Waals surface area contributed by atoms with Crippen LogP contribution in [0.4, 0.5) is 0 Å². The fraction of sp³-hybridized carbons (Fsp3) is 0.615. The van der Waals surface area contributed by atoms with Crippen molar-refractivity contribution in [1.29, 1.82) is 0 Å². The Labute approximate surface area is 118 Å². The Bertz CT molecular complexity index is 477. The standard InChI is InChI=1S/C13H21N5O2/c1-3-14-12(19)9-17-4-6-18(7-5-17)13(20)11-8-15-16-10(11)2/h8H,3-7,9H2,1-2H3,(H,14,19)(H,15,16). The number of piperazine rings is 1. The van der Waals surface area contributed by atoms with Gasteiger partial charge in [-0.2, -0.15) is 5.10 Å². The lowest BCUT2D eigenvalue weighted by Gasteiger charge is -2.34. The van der Waals surface area contributed by atoms with E-state index in [-0.39, 0.29) is 11.8 Å². The van der Waals surface area contributed by atoms with Crippen molar-refractivity contribution in [2.45, 2.75) is 13.8 Å². The zero-order valence-corrected chi connectivity index (χ0v) is 12.0. The number of nitrogens with one attached hydrogen (secondary N) is 2. The number of H-pyrrole nitrogens is 1. The molecule has 1 aromatic rings. The normalized spacial score (nSPS) is 16.2. The van der Waals surface area contributed by atoms with Crippen LogP contribution < -0.4 is 5.32 Å². The second kappa shape index (κ2) is 6.51. The van der Waals surface area contributed by atoms with Crippen molar-refractivity contribution in [3.05, 3.63) is 17.5 Å². The molecule has 0 atom stereocenters. The molecule has 1 aliphatic heterocycles. The number of likely N-dealkylation sites (N-methyl/N-ethyl adjacent to an activating group) is 1. The Kier molecular flexibility index (Phi) is 4.73. The predicted octanol–water partition coefficient (Wildman–Crippen LogP) is -0.388. The monoisotopic (exact) mass is 279 g/mol. The Balaban J connectivity index is 1.84. The second-order valence-corrected chi connectivity index (χ2v) is 4.93. The average molecular weight is 279 g/mol. The maximum absolute atomic E-state index is 12.3. The lowest BCUT2D eigenvalue weighted by atomic mass is 10.2. The highest BCUT2D eigenvalue weighted by molar-refractivity contribution is 5.95. The van der Waals surface area contributed by atoms with Crippen molar-refractivity contribution in [3.63, 3.8) is 0 Å². The number of nitrogens with zero attached hydrogens (tertiary/aromatic N) is 3. The lowest BCUT2D eigenvalue weighted by Crippen LogP contribution is -2.51. The van der Waals surface area contributed by atoms with E-state index in [1.54, 1.807) is 6.20 Å². The maximum atomic E-state index is 12.3. The summed E-state index contributed by atoms with van der Waals surface area (Å²) in [4.78, 5) is 27.7. The van der Waals surface area contributed by atoms with E-state index < -0.39 is 0 Å². The molecular formula is C13H21N5O2. The lowest BCUT2D eigenvalue weighted by molar-refractivity contribution is -0.122. The highest BCUT2D eigenvalue weighted by atomic mass is 16.2. The van der Waals surface area contributed by atoms with Crippen LogP contribution >= 0.6 is 0 Å². The van der Waals surface area contributed by atoms with Gasteiger partial charge in [0, 0.05) is 38.4 Å². The minimum Gasteiger partial charge on any atom is -0.355 e. The zero-order valence-electron chi connectivity index (χ0n) is 12.0. The van der Waals surface area contributed by atoms with Crippen LogP contribution in [0.15, 0.2) is 6.20 Å². The summed E-state index contributed by atoms with van der Waals surface area (Å²) in [6.07, 6.45) is 1.57. The molecule has 1 aliphatic rings. The van der Waals surface area contributed by atoms with Crippen molar-refractivity contribution in [2.75, 3.05) is 39.3 Å². The summed E-state index contributed by atoms with van der Waals surface area (Å²) in [6, 6.07) is 0. The third-order valence-electron chi connectivity index (χ3n) is 3.46. The van der Waals surface area contributed by atoms with E-state index in [0.29, 0.717) is 31.7 Å². The third kappa shape index (κ3) is 3.36. The van der Waals surface area contributed by atoms with Crippen LogP contribution in [0.25, 0.3) is 0 Å². The van der Waals surface area contributed by atoms with Gasteiger partial charge in [-0.1, -0.05) is 0 Å². The number of aromatic amines is 1. The third-order valence-corrected chi connectivity index (χ3v) is 3.46. The van der Waals surface area contributed by atoms with E-state index in [0.717, 1.165) is 18.8 Å². The second-order valence-electron chi connectivity index (χ2n) is 4.93. The van der Waals surface area contributed by atoms with E-state index in [2.05, 4.69) is 20.4 Å². The summed E-state index contributed by atoms with van der Waals surface area (Å²) in [5, 5.41) is 9.44. The first-order valence-corrected chi connectivity index (χ1v) is 6.90. The van der Waals surface area contributed by atoms with Gasteiger partial charge in [0.15, 0.2) is 0 Å². The van der Waals surface area contributed by atoms with Gasteiger partial charge in [-0.25, -0.2) is 0 Å². The molecule has 1 fully saturated rings. The number of hydrogen-bond acceptors (Lipinski definition) is 4. The van der Waals surface area contributed by atoms with Gasteiger partial charge in [0.25, 0.3) is 5.91 Å². The molecule has 20 heavy (non-hydrogen) atoms. The minimum atomic E-state index is 0.00825. The summed E-state index contributed by atoms with van der Waals surface area (Å²) < 4.78 is 0. The molecule has 0 aliphatic carbocycles. The van der Waals surface area contributed by atoms with E-state index in [9.17, 15) is 9.59 Å². The molecule has 0 bridgehead atoms. The summed E-state index contributed by atoms with van der Waals surface area (Å²) >= 11 is 0. The van der Waals surface area contributed by atoms with Crippen molar-refractivity contribution >= 4 is 11.8 Å².